The fraction of sp³-hybridized carbons (Fsp3) is 0.0870. The molecule has 7 nitrogen and oxygen atoms in total. The summed E-state index contributed by atoms with van der Waals surface area (Å²) in [6.07, 6.45) is 0. The second-order valence-electron chi connectivity index (χ2n) is 7.28. The second kappa shape index (κ2) is 9.30. The topological polar surface area (TPSA) is 101 Å². The van der Waals surface area contributed by atoms with Crippen molar-refractivity contribution in [1.82, 2.24) is 10.2 Å². The maximum Gasteiger partial charge on any atom is 0.263 e. The minimum Gasteiger partial charge on any atom is -0.296 e. The molecule has 0 aliphatic carbocycles. The van der Waals surface area contributed by atoms with Crippen molar-refractivity contribution in [3.8, 4) is 10.6 Å². The van der Waals surface area contributed by atoms with Crippen molar-refractivity contribution in [3.05, 3.63) is 88.4 Å². The van der Waals surface area contributed by atoms with E-state index in [0.717, 1.165) is 16.7 Å². The van der Waals surface area contributed by atoms with E-state index in [1.165, 1.54) is 29.5 Å². The number of aryl methyl sites for hydroxylation is 2. The second-order valence-corrected chi connectivity index (χ2v) is 10.3. The van der Waals surface area contributed by atoms with E-state index in [1.54, 1.807) is 12.1 Å². The van der Waals surface area contributed by atoms with Gasteiger partial charge in [0, 0.05) is 16.8 Å². The van der Waals surface area contributed by atoms with Crippen LogP contribution in [0.2, 0.25) is 5.02 Å². The predicted octanol–water partition coefficient (Wildman–Crippen LogP) is 5.53. The summed E-state index contributed by atoms with van der Waals surface area (Å²) >= 11 is 7.38. The SMILES string of the molecule is Cc1ccc(NS(=O)(=O)c2cc(C(=O)Nc3nnc(-c4ccccc4)s3)ccc2Cl)cc1C. The van der Waals surface area contributed by atoms with Crippen LogP contribution in [0.15, 0.2) is 71.6 Å². The number of amides is 1. The highest BCUT2D eigenvalue weighted by molar-refractivity contribution is 7.92. The lowest BCUT2D eigenvalue weighted by Crippen LogP contribution is -2.16. The highest BCUT2D eigenvalue weighted by atomic mass is 35.5. The number of carbonyl (C=O) groups is 1. The third-order valence-electron chi connectivity index (χ3n) is 4.91. The minimum absolute atomic E-state index is 0.00478. The molecule has 0 aliphatic rings. The van der Waals surface area contributed by atoms with Crippen LogP contribution in [-0.4, -0.2) is 24.5 Å². The zero-order valence-corrected chi connectivity index (χ0v) is 20.1. The minimum atomic E-state index is -4.02. The summed E-state index contributed by atoms with van der Waals surface area (Å²) in [6.45, 7) is 3.83. The largest absolute Gasteiger partial charge is 0.296 e. The van der Waals surface area contributed by atoms with Gasteiger partial charge in [0.2, 0.25) is 5.13 Å². The number of sulfonamides is 1. The first-order valence-electron chi connectivity index (χ1n) is 9.83. The number of aromatic nitrogens is 2. The number of hydrogen-bond donors (Lipinski definition) is 2. The van der Waals surface area contributed by atoms with Crippen LogP contribution >= 0.6 is 22.9 Å². The molecule has 0 spiro atoms. The van der Waals surface area contributed by atoms with Gasteiger partial charge < -0.3 is 0 Å². The van der Waals surface area contributed by atoms with Crippen molar-refractivity contribution in [1.29, 1.82) is 0 Å². The molecule has 33 heavy (non-hydrogen) atoms. The number of benzene rings is 3. The van der Waals surface area contributed by atoms with Crippen LogP contribution in [0.1, 0.15) is 21.5 Å². The number of halogens is 1. The van der Waals surface area contributed by atoms with Crippen molar-refractivity contribution < 1.29 is 13.2 Å². The maximum atomic E-state index is 13.0. The van der Waals surface area contributed by atoms with E-state index in [-0.39, 0.29) is 15.5 Å². The van der Waals surface area contributed by atoms with E-state index >= 15 is 0 Å². The highest BCUT2D eigenvalue weighted by Gasteiger charge is 2.21. The quantitative estimate of drug-likeness (QED) is 0.364. The molecule has 0 atom stereocenters. The van der Waals surface area contributed by atoms with Gasteiger partial charge in [0.25, 0.3) is 15.9 Å². The first-order valence-corrected chi connectivity index (χ1v) is 12.5. The van der Waals surface area contributed by atoms with Gasteiger partial charge in [-0.15, -0.1) is 10.2 Å². The van der Waals surface area contributed by atoms with Crippen LogP contribution in [0.25, 0.3) is 10.6 Å². The molecular formula is C23H19ClN4O3S2. The number of rotatable bonds is 6. The molecule has 0 unspecified atom stereocenters. The van der Waals surface area contributed by atoms with Crippen LogP contribution in [0.3, 0.4) is 0 Å². The van der Waals surface area contributed by atoms with E-state index in [1.807, 2.05) is 50.2 Å². The van der Waals surface area contributed by atoms with E-state index in [2.05, 4.69) is 20.2 Å². The van der Waals surface area contributed by atoms with Crippen molar-refractivity contribution in [2.24, 2.45) is 0 Å². The Balaban J connectivity index is 1.55. The van der Waals surface area contributed by atoms with Gasteiger partial charge in [0.15, 0.2) is 0 Å². The monoisotopic (exact) mass is 498 g/mol. The molecule has 4 rings (SSSR count). The Morgan fingerprint density at radius 1 is 0.939 bits per heavy atom. The fourth-order valence-corrected chi connectivity index (χ4v) is 5.33. The molecule has 0 saturated heterocycles. The number of carbonyl (C=O) groups excluding carboxylic acids is 1. The Labute approximate surface area is 200 Å². The lowest BCUT2D eigenvalue weighted by molar-refractivity contribution is 0.102. The molecule has 3 aromatic carbocycles. The van der Waals surface area contributed by atoms with E-state index < -0.39 is 15.9 Å². The molecule has 0 aliphatic heterocycles. The molecule has 0 saturated carbocycles. The summed E-state index contributed by atoms with van der Waals surface area (Å²) in [6, 6.07) is 18.7. The molecule has 0 bridgehead atoms. The van der Waals surface area contributed by atoms with Gasteiger partial charge in [-0.3, -0.25) is 14.8 Å². The van der Waals surface area contributed by atoms with Crippen molar-refractivity contribution in [2.45, 2.75) is 18.7 Å². The highest BCUT2D eigenvalue weighted by Crippen LogP contribution is 2.28. The van der Waals surface area contributed by atoms with Crippen molar-refractivity contribution in [2.75, 3.05) is 10.0 Å². The number of anilines is 2. The molecule has 10 heteroatoms. The Hall–Kier alpha value is -3.27. The molecule has 1 heterocycles. The maximum absolute atomic E-state index is 13.0. The number of hydrogen-bond acceptors (Lipinski definition) is 6. The molecule has 2 N–H and O–H groups in total. The zero-order valence-electron chi connectivity index (χ0n) is 17.7. The summed E-state index contributed by atoms with van der Waals surface area (Å²) in [4.78, 5) is 12.6. The molecular weight excluding hydrogens is 480 g/mol. The molecule has 168 valence electrons. The average molecular weight is 499 g/mol. The standard InChI is InChI=1S/C23H19ClN4O3S2/c1-14-8-10-18(12-15(14)2)28-33(30,31)20-13-17(9-11-19(20)24)21(29)25-23-27-26-22(32-23)16-6-4-3-5-7-16/h3-13,28H,1-2H3,(H,25,27,29). The normalized spacial score (nSPS) is 11.2. The van der Waals surface area contributed by atoms with Gasteiger partial charge in [-0.1, -0.05) is 59.3 Å². The molecule has 1 aromatic heterocycles. The van der Waals surface area contributed by atoms with Gasteiger partial charge in [-0.05, 0) is 55.3 Å². The third kappa shape index (κ3) is 5.22. The Morgan fingerprint density at radius 2 is 1.70 bits per heavy atom. The van der Waals surface area contributed by atoms with Crippen LogP contribution in [0.5, 0.6) is 0 Å². The van der Waals surface area contributed by atoms with Gasteiger partial charge >= 0.3 is 0 Å². The molecule has 0 fully saturated rings. The first-order chi connectivity index (χ1) is 15.7. The third-order valence-corrected chi connectivity index (χ3v) is 7.66. The van der Waals surface area contributed by atoms with E-state index in [9.17, 15) is 13.2 Å². The average Bonchev–Trinajstić information content (AvgIpc) is 3.25. The van der Waals surface area contributed by atoms with Crippen LogP contribution in [0.4, 0.5) is 10.8 Å². The smallest absolute Gasteiger partial charge is 0.263 e. The molecule has 0 radical (unpaired) electrons. The van der Waals surface area contributed by atoms with Gasteiger partial charge in [-0.25, -0.2) is 8.42 Å². The Bertz CT molecular complexity index is 1440. The van der Waals surface area contributed by atoms with Gasteiger partial charge in [0.1, 0.15) is 9.90 Å². The predicted molar refractivity (Wildman–Crippen MR) is 131 cm³/mol. The summed E-state index contributed by atoms with van der Waals surface area (Å²) in [5.41, 5.74) is 3.40. The van der Waals surface area contributed by atoms with E-state index in [0.29, 0.717) is 15.8 Å². The van der Waals surface area contributed by atoms with Gasteiger partial charge in [0.05, 0.1) is 5.02 Å². The van der Waals surface area contributed by atoms with Crippen molar-refractivity contribution in [3.63, 3.8) is 0 Å². The summed E-state index contributed by atoms with van der Waals surface area (Å²) < 4.78 is 28.4. The molecule has 4 aromatic rings. The Kier molecular flexibility index (Phi) is 6.46. The summed E-state index contributed by atoms with van der Waals surface area (Å²) in [5.74, 6) is -0.523. The van der Waals surface area contributed by atoms with Crippen LogP contribution < -0.4 is 10.0 Å². The summed E-state index contributed by atoms with van der Waals surface area (Å²) in [5, 5.41) is 11.7. The van der Waals surface area contributed by atoms with E-state index in [4.69, 9.17) is 11.6 Å². The van der Waals surface area contributed by atoms with Gasteiger partial charge in [-0.2, -0.15) is 0 Å². The Morgan fingerprint density at radius 3 is 2.42 bits per heavy atom. The first kappa shape index (κ1) is 22.9. The summed E-state index contributed by atoms with van der Waals surface area (Å²) in [7, 11) is -4.02. The van der Waals surface area contributed by atoms with Crippen LogP contribution in [-0.2, 0) is 10.0 Å². The fourth-order valence-electron chi connectivity index (χ4n) is 3.01. The lowest BCUT2D eigenvalue weighted by atomic mass is 10.1. The lowest BCUT2D eigenvalue weighted by Gasteiger charge is -2.12. The number of nitrogens with zero attached hydrogens (tertiary/aromatic N) is 2. The zero-order chi connectivity index (χ0) is 23.6. The molecule has 1 amide bonds. The van der Waals surface area contributed by atoms with Crippen molar-refractivity contribution >= 4 is 49.7 Å². The number of nitrogens with one attached hydrogen (secondary N) is 2. The van der Waals surface area contributed by atoms with Crippen LogP contribution in [0, 0.1) is 13.8 Å².